The van der Waals surface area contributed by atoms with Gasteiger partial charge in [-0.15, -0.1) is 0 Å². The molecule has 2 heterocycles. The average molecular weight is 418 g/mol. The molecule has 3 nitrogen and oxygen atoms in total. The zero-order valence-electron chi connectivity index (χ0n) is 18.8. The topological polar surface area (TPSA) is 40.8 Å². The molecule has 0 spiro atoms. The monoisotopic (exact) mass is 417 g/mol. The van der Waals surface area contributed by atoms with Crippen molar-refractivity contribution < 1.29 is 8.98 Å². The molecule has 0 aliphatic rings. The fourth-order valence-corrected chi connectivity index (χ4v) is 4.46. The van der Waals surface area contributed by atoms with Gasteiger partial charge >= 0.3 is 0 Å². The molecule has 0 N–H and O–H groups in total. The Morgan fingerprint density at radius 2 is 1.72 bits per heavy atom. The summed E-state index contributed by atoms with van der Waals surface area (Å²) in [5, 5.41) is 12.0. The van der Waals surface area contributed by atoms with E-state index < -0.39 is 0 Å². The Balaban J connectivity index is 1.78. The van der Waals surface area contributed by atoms with E-state index in [2.05, 4.69) is 79.9 Å². The van der Waals surface area contributed by atoms with Gasteiger partial charge in [-0.05, 0) is 47.7 Å². The first-order valence-corrected chi connectivity index (χ1v) is 10.9. The molecule has 5 aromatic rings. The molecule has 0 atom stereocenters. The van der Waals surface area contributed by atoms with E-state index in [1.165, 1.54) is 5.56 Å². The third-order valence-corrected chi connectivity index (χ3v) is 6.31. The maximum absolute atomic E-state index is 9.88. The van der Waals surface area contributed by atoms with Crippen LogP contribution in [0, 0.1) is 18.3 Å². The molecule has 3 aromatic carbocycles. The highest BCUT2D eigenvalue weighted by atomic mass is 16.3. The number of fused-ring (bicyclic) bond motifs is 3. The number of aromatic nitrogens is 1. The van der Waals surface area contributed by atoms with Crippen LogP contribution in [0.25, 0.3) is 44.3 Å². The maximum Gasteiger partial charge on any atom is 0.216 e. The van der Waals surface area contributed by atoms with Gasteiger partial charge in [0.1, 0.15) is 18.2 Å². The van der Waals surface area contributed by atoms with Crippen LogP contribution in [0.1, 0.15) is 36.5 Å². The first kappa shape index (κ1) is 20.0. The summed E-state index contributed by atoms with van der Waals surface area (Å²) in [6.07, 6.45) is 2.04. The molecular weight excluding hydrogens is 392 g/mol. The van der Waals surface area contributed by atoms with Crippen molar-refractivity contribution in [3.8, 4) is 28.5 Å². The first-order valence-electron chi connectivity index (χ1n) is 10.9. The van der Waals surface area contributed by atoms with Crippen LogP contribution in [0.4, 0.5) is 0 Å². The van der Waals surface area contributed by atoms with Crippen LogP contribution in [-0.2, 0) is 7.05 Å². The maximum atomic E-state index is 9.88. The van der Waals surface area contributed by atoms with Crippen molar-refractivity contribution in [2.75, 3.05) is 0 Å². The largest absolute Gasteiger partial charge is 0.455 e. The third kappa shape index (κ3) is 3.16. The molecule has 2 aromatic heterocycles. The van der Waals surface area contributed by atoms with E-state index in [-0.39, 0.29) is 0 Å². The van der Waals surface area contributed by atoms with E-state index in [1.807, 2.05) is 31.4 Å². The predicted octanol–water partition coefficient (Wildman–Crippen LogP) is 7.05. The molecule has 0 amide bonds. The lowest BCUT2D eigenvalue weighted by Crippen LogP contribution is -2.30. The van der Waals surface area contributed by atoms with Crippen LogP contribution < -0.4 is 4.57 Å². The molecule has 0 saturated carbocycles. The Morgan fingerprint density at radius 3 is 2.41 bits per heavy atom. The molecule has 0 unspecified atom stereocenters. The Morgan fingerprint density at radius 1 is 0.938 bits per heavy atom. The van der Waals surface area contributed by atoms with Crippen LogP contribution in [0.5, 0.6) is 0 Å². The lowest BCUT2D eigenvalue weighted by Gasteiger charge is -2.08. The fourth-order valence-electron chi connectivity index (χ4n) is 4.46. The SMILES string of the molecule is Cc1ccc2c(oc3cc(C#N)c(-c4ccc(C(C)C)cc4)cc32)c1-c1cccc[n+]1C. The number of hydrogen-bond donors (Lipinski definition) is 0. The summed E-state index contributed by atoms with van der Waals surface area (Å²) in [5.74, 6) is 0.473. The molecule has 0 fully saturated rings. The minimum absolute atomic E-state index is 0.473. The number of hydrogen-bond acceptors (Lipinski definition) is 2. The van der Waals surface area contributed by atoms with Crippen LogP contribution in [0.2, 0.25) is 0 Å². The van der Waals surface area contributed by atoms with Gasteiger partial charge in [0.05, 0.1) is 17.2 Å². The van der Waals surface area contributed by atoms with Gasteiger partial charge in [-0.1, -0.05) is 50.2 Å². The molecule has 0 aliphatic heterocycles. The lowest BCUT2D eigenvalue weighted by atomic mass is 9.94. The summed E-state index contributed by atoms with van der Waals surface area (Å²) < 4.78 is 8.50. The van der Waals surface area contributed by atoms with Gasteiger partial charge in [-0.25, -0.2) is 4.57 Å². The highest BCUT2D eigenvalue weighted by Gasteiger charge is 2.21. The van der Waals surface area contributed by atoms with Crippen molar-refractivity contribution in [2.45, 2.75) is 26.7 Å². The number of nitriles is 1. The second-order valence-electron chi connectivity index (χ2n) is 8.72. The minimum Gasteiger partial charge on any atom is -0.455 e. The molecule has 0 aliphatic carbocycles. The van der Waals surface area contributed by atoms with Crippen molar-refractivity contribution in [1.82, 2.24) is 0 Å². The summed E-state index contributed by atoms with van der Waals surface area (Å²) in [7, 11) is 2.04. The highest BCUT2D eigenvalue weighted by molar-refractivity contribution is 6.11. The van der Waals surface area contributed by atoms with E-state index in [4.69, 9.17) is 4.42 Å². The summed E-state index contributed by atoms with van der Waals surface area (Å²) in [4.78, 5) is 0. The second-order valence-corrected chi connectivity index (χ2v) is 8.72. The Kier molecular flexibility index (Phi) is 4.79. The number of benzene rings is 3. The van der Waals surface area contributed by atoms with Crippen LogP contribution >= 0.6 is 0 Å². The van der Waals surface area contributed by atoms with Gasteiger partial charge in [-0.2, -0.15) is 5.26 Å². The van der Waals surface area contributed by atoms with Crippen molar-refractivity contribution in [2.24, 2.45) is 7.05 Å². The molecule has 156 valence electrons. The van der Waals surface area contributed by atoms with E-state index in [0.29, 0.717) is 11.5 Å². The number of furan rings is 1. The average Bonchev–Trinajstić information content (AvgIpc) is 3.16. The van der Waals surface area contributed by atoms with Crippen molar-refractivity contribution in [3.05, 3.63) is 89.6 Å². The van der Waals surface area contributed by atoms with Gasteiger partial charge in [0, 0.05) is 28.5 Å². The molecule has 0 bridgehead atoms. The van der Waals surface area contributed by atoms with Crippen LogP contribution in [-0.4, -0.2) is 0 Å². The van der Waals surface area contributed by atoms with Crippen molar-refractivity contribution in [1.29, 1.82) is 5.26 Å². The van der Waals surface area contributed by atoms with E-state index in [9.17, 15) is 5.26 Å². The van der Waals surface area contributed by atoms with Gasteiger partial charge < -0.3 is 4.42 Å². The third-order valence-electron chi connectivity index (χ3n) is 6.31. The van der Waals surface area contributed by atoms with Crippen LogP contribution in [0.3, 0.4) is 0 Å². The second kappa shape index (κ2) is 7.66. The van der Waals surface area contributed by atoms with E-state index in [0.717, 1.165) is 49.9 Å². The van der Waals surface area contributed by atoms with Crippen molar-refractivity contribution in [3.63, 3.8) is 0 Å². The summed E-state index contributed by atoms with van der Waals surface area (Å²) in [5.41, 5.74) is 8.83. The van der Waals surface area contributed by atoms with E-state index in [1.54, 1.807) is 0 Å². The van der Waals surface area contributed by atoms with Crippen LogP contribution in [0.15, 0.2) is 77.3 Å². The van der Waals surface area contributed by atoms with E-state index >= 15 is 0 Å². The Bertz CT molecular complexity index is 1520. The lowest BCUT2D eigenvalue weighted by molar-refractivity contribution is -0.660. The Labute approximate surface area is 188 Å². The normalized spacial score (nSPS) is 11.4. The Hall–Kier alpha value is -3.90. The zero-order valence-corrected chi connectivity index (χ0v) is 18.8. The number of rotatable bonds is 3. The molecule has 0 radical (unpaired) electrons. The predicted molar refractivity (Wildman–Crippen MR) is 129 cm³/mol. The number of nitrogens with zero attached hydrogens (tertiary/aromatic N) is 2. The molecular formula is C29H25N2O+. The standard InChI is InChI=1S/C29H25N2O/c1-18(2)20-9-11-21(12-10-20)24-16-25-23-13-8-19(3)28(26-7-5-6-14-31(26)4)29(23)32-27(25)15-22(24)17-30/h5-16,18H,1-4H3/q+1. The molecule has 3 heteroatoms. The van der Waals surface area contributed by atoms with Gasteiger partial charge in [0.2, 0.25) is 5.69 Å². The molecule has 32 heavy (non-hydrogen) atoms. The summed E-state index contributed by atoms with van der Waals surface area (Å²) in [6, 6.07) is 25.3. The van der Waals surface area contributed by atoms with Gasteiger partial charge in [0.15, 0.2) is 6.20 Å². The quantitative estimate of drug-likeness (QED) is 0.295. The van der Waals surface area contributed by atoms with Crippen molar-refractivity contribution >= 4 is 21.9 Å². The first-order chi connectivity index (χ1) is 15.5. The summed E-state index contributed by atoms with van der Waals surface area (Å²) >= 11 is 0. The smallest absolute Gasteiger partial charge is 0.216 e. The molecule has 5 rings (SSSR count). The fraction of sp³-hybridized carbons (Fsp3) is 0.172. The molecule has 0 saturated heterocycles. The van der Waals surface area contributed by atoms with Gasteiger partial charge in [0.25, 0.3) is 0 Å². The van der Waals surface area contributed by atoms with Gasteiger partial charge in [-0.3, -0.25) is 0 Å². The zero-order chi connectivity index (χ0) is 22.4. The number of aryl methyl sites for hydroxylation is 2. The minimum atomic E-state index is 0.473. The summed E-state index contributed by atoms with van der Waals surface area (Å²) in [6.45, 7) is 6.48. The number of pyridine rings is 1. The highest BCUT2D eigenvalue weighted by Crippen LogP contribution is 2.39.